The molecule has 4 rings (SSSR count). The first-order chi connectivity index (χ1) is 14.7. The molecule has 0 bridgehead atoms. The van der Waals surface area contributed by atoms with Crippen LogP contribution in [0.2, 0.25) is 0 Å². The number of carbonyl (C=O) groups is 1. The molecule has 1 aliphatic carbocycles. The van der Waals surface area contributed by atoms with Crippen molar-refractivity contribution in [3.63, 3.8) is 0 Å². The van der Waals surface area contributed by atoms with Gasteiger partial charge in [0.25, 0.3) is 0 Å². The molecule has 1 aliphatic heterocycles. The molecule has 7 heteroatoms. The van der Waals surface area contributed by atoms with Gasteiger partial charge in [-0.1, -0.05) is 12.2 Å². The number of primary amides is 1. The summed E-state index contributed by atoms with van der Waals surface area (Å²) in [6.45, 7) is 5.66. The first-order valence-electron chi connectivity index (χ1n) is 11.0. The molecule has 0 radical (unpaired) electrons. The van der Waals surface area contributed by atoms with Gasteiger partial charge in [0, 0.05) is 35.1 Å². The zero-order valence-electron chi connectivity index (χ0n) is 18.5. The maximum Gasteiger partial charge on any atom is 0.244 e. The Kier molecular flexibility index (Phi) is 5.66. The Hall–Kier alpha value is -2.64. The van der Waals surface area contributed by atoms with Crippen LogP contribution in [-0.4, -0.2) is 38.5 Å². The largest absolute Gasteiger partial charge is 0.396 e. The third-order valence-corrected chi connectivity index (χ3v) is 6.59. The number of hydrogen-bond acceptors (Lipinski definition) is 5. The average molecular weight is 425 g/mol. The lowest BCUT2D eigenvalue weighted by Gasteiger charge is -2.36. The number of hydrogen-bond donors (Lipinski definition) is 3. The van der Waals surface area contributed by atoms with E-state index in [1.54, 1.807) is 19.9 Å². The Morgan fingerprint density at radius 3 is 2.58 bits per heavy atom. The number of fused-ring (bicyclic) bond motifs is 1. The van der Waals surface area contributed by atoms with Crippen molar-refractivity contribution in [3.05, 3.63) is 47.8 Å². The molecular formula is C24H32N4O3. The molecule has 1 atom stereocenters. The molecule has 1 aromatic carbocycles. The highest BCUT2D eigenvalue weighted by Crippen LogP contribution is 2.39. The van der Waals surface area contributed by atoms with Gasteiger partial charge in [0.05, 0.1) is 17.2 Å². The van der Waals surface area contributed by atoms with Crippen molar-refractivity contribution in [1.82, 2.24) is 9.78 Å². The van der Waals surface area contributed by atoms with Crippen LogP contribution in [0.25, 0.3) is 10.9 Å². The first-order valence-corrected chi connectivity index (χ1v) is 11.0. The van der Waals surface area contributed by atoms with Gasteiger partial charge in [-0.25, -0.2) is 0 Å². The summed E-state index contributed by atoms with van der Waals surface area (Å²) in [5.74, 6) is -0.0518. The number of aliphatic hydroxyl groups is 2. The molecule has 1 fully saturated rings. The number of carbonyl (C=O) groups excluding carboxylic acids is 1. The monoisotopic (exact) mass is 424 g/mol. The van der Waals surface area contributed by atoms with Gasteiger partial charge < -0.3 is 20.8 Å². The van der Waals surface area contributed by atoms with Gasteiger partial charge in [-0.2, -0.15) is 5.10 Å². The van der Waals surface area contributed by atoms with E-state index < -0.39 is 17.6 Å². The Morgan fingerprint density at radius 2 is 1.97 bits per heavy atom. The Morgan fingerprint density at radius 1 is 1.26 bits per heavy atom. The number of anilines is 1. The minimum atomic E-state index is -1.13. The van der Waals surface area contributed by atoms with Crippen LogP contribution in [0.5, 0.6) is 0 Å². The van der Waals surface area contributed by atoms with Crippen molar-refractivity contribution < 1.29 is 15.0 Å². The van der Waals surface area contributed by atoms with Crippen LogP contribution in [0.4, 0.5) is 5.69 Å². The van der Waals surface area contributed by atoms with Crippen LogP contribution in [0.15, 0.2) is 42.3 Å². The van der Waals surface area contributed by atoms with Gasteiger partial charge in [-0.3, -0.25) is 9.48 Å². The Balaban J connectivity index is 1.79. The number of nitrogens with two attached hydrogens (primary N) is 1. The van der Waals surface area contributed by atoms with Crippen molar-refractivity contribution in [2.45, 2.75) is 64.1 Å². The van der Waals surface area contributed by atoms with E-state index in [1.165, 1.54) is 0 Å². The van der Waals surface area contributed by atoms with Crippen LogP contribution in [-0.2, 0) is 10.4 Å². The van der Waals surface area contributed by atoms with Crippen molar-refractivity contribution >= 4 is 22.5 Å². The normalized spacial score (nSPS) is 24.5. The van der Waals surface area contributed by atoms with E-state index in [0.29, 0.717) is 17.5 Å². The fourth-order valence-corrected chi connectivity index (χ4v) is 4.79. The summed E-state index contributed by atoms with van der Waals surface area (Å²) in [5, 5.41) is 26.1. The molecular weight excluding hydrogens is 392 g/mol. The smallest absolute Gasteiger partial charge is 0.244 e. The number of nitrogens with zero attached hydrogens (tertiary/aromatic N) is 3. The van der Waals surface area contributed by atoms with Gasteiger partial charge >= 0.3 is 0 Å². The van der Waals surface area contributed by atoms with Gasteiger partial charge in [-0.05, 0) is 70.6 Å². The summed E-state index contributed by atoms with van der Waals surface area (Å²) in [7, 11) is 0. The summed E-state index contributed by atoms with van der Waals surface area (Å²) in [5.41, 5.74) is 7.72. The third-order valence-electron chi connectivity index (χ3n) is 6.59. The van der Waals surface area contributed by atoms with E-state index in [-0.39, 0.29) is 6.61 Å². The zero-order chi connectivity index (χ0) is 22.3. The van der Waals surface area contributed by atoms with E-state index in [2.05, 4.69) is 6.20 Å². The van der Waals surface area contributed by atoms with Crippen molar-refractivity contribution in [3.8, 4) is 0 Å². The summed E-state index contributed by atoms with van der Waals surface area (Å²) >= 11 is 0. The maximum atomic E-state index is 12.2. The van der Waals surface area contributed by atoms with E-state index in [9.17, 15) is 15.0 Å². The summed E-state index contributed by atoms with van der Waals surface area (Å²) in [6, 6.07) is 3.61. The molecule has 31 heavy (non-hydrogen) atoms. The van der Waals surface area contributed by atoms with E-state index >= 15 is 0 Å². The third kappa shape index (κ3) is 4.12. The second kappa shape index (κ2) is 8.13. The quantitative estimate of drug-likeness (QED) is 0.684. The molecule has 2 aromatic rings. The summed E-state index contributed by atoms with van der Waals surface area (Å²) in [6.07, 6.45) is 11.6. The second-order valence-electron chi connectivity index (χ2n) is 9.36. The van der Waals surface area contributed by atoms with Crippen LogP contribution < -0.4 is 10.6 Å². The van der Waals surface area contributed by atoms with Crippen LogP contribution >= 0.6 is 0 Å². The molecule has 166 valence electrons. The fraction of sp³-hybridized carbons (Fsp3) is 0.500. The molecule has 1 aromatic heterocycles. The van der Waals surface area contributed by atoms with Crippen molar-refractivity contribution in [2.24, 2.45) is 11.7 Å². The molecule has 2 aliphatic rings. The van der Waals surface area contributed by atoms with E-state index in [4.69, 9.17) is 10.8 Å². The standard InChI is InChI=1S/C24H32N4O3/c1-15-5-4-6-21(23(25)30)28(15)22-11-17-13-27(18-9-7-16(14-29)8-10-18)26-20(17)12-19(22)24(2,3)31/h4-6,11-13,16,18,21,29,31H,7-10,14H2,1-3H3,(H2,25,30). The average Bonchev–Trinajstić information content (AvgIpc) is 3.15. The van der Waals surface area contributed by atoms with Gasteiger partial charge in [0.1, 0.15) is 6.04 Å². The minimum absolute atomic E-state index is 0.254. The predicted molar refractivity (Wildman–Crippen MR) is 121 cm³/mol. The van der Waals surface area contributed by atoms with Crippen LogP contribution in [0, 0.1) is 5.92 Å². The SMILES string of the molecule is CC1=CC=CC(C(N)=O)N1c1cc2cn(C3CCC(CO)CC3)nc2cc1C(C)(C)O. The summed E-state index contributed by atoms with van der Waals surface area (Å²) in [4.78, 5) is 14.1. The lowest BCUT2D eigenvalue weighted by Crippen LogP contribution is -2.44. The van der Waals surface area contributed by atoms with Crippen LogP contribution in [0.3, 0.4) is 0 Å². The predicted octanol–water partition coefficient (Wildman–Crippen LogP) is 3.12. The summed E-state index contributed by atoms with van der Waals surface area (Å²) < 4.78 is 2.03. The van der Waals surface area contributed by atoms with E-state index in [0.717, 1.165) is 48.0 Å². The van der Waals surface area contributed by atoms with Crippen molar-refractivity contribution in [2.75, 3.05) is 11.5 Å². The number of aromatic nitrogens is 2. The second-order valence-corrected chi connectivity index (χ2v) is 9.36. The van der Waals surface area contributed by atoms with Crippen LogP contribution in [0.1, 0.15) is 58.1 Å². The first kappa shape index (κ1) is 21.6. The molecule has 1 unspecified atom stereocenters. The number of benzene rings is 1. The number of aliphatic hydroxyl groups excluding tert-OH is 1. The molecule has 0 saturated heterocycles. The highest BCUT2D eigenvalue weighted by Gasteiger charge is 2.32. The highest BCUT2D eigenvalue weighted by molar-refractivity contribution is 5.91. The lowest BCUT2D eigenvalue weighted by atomic mass is 9.87. The highest BCUT2D eigenvalue weighted by atomic mass is 16.3. The molecule has 1 saturated carbocycles. The molecule has 0 spiro atoms. The van der Waals surface area contributed by atoms with Gasteiger partial charge in [-0.15, -0.1) is 0 Å². The molecule has 7 nitrogen and oxygen atoms in total. The minimum Gasteiger partial charge on any atom is -0.396 e. The Bertz CT molecular complexity index is 1040. The molecule has 2 heterocycles. The lowest BCUT2D eigenvalue weighted by molar-refractivity contribution is -0.118. The zero-order valence-corrected chi connectivity index (χ0v) is 18.5. The molecule has 4 N–H and O–H groups in total. The van der Waals surface area contributed by atoms with E-state index in [1.807, 2.05) is 40.8 Å². The van der Waals surface area contributed by atoms with Gasteiger partial charge in [0.2, 0.25) is 5.91 Å². The van der Waals surface area contributed by atoms with Crippen molar-refractivity contribution in [1.29, 1.82) is 0 Å². The topological polar surface area (TPSA) is 105 Å². The Labute approximate surface area is 182 Å². The van der Waals surface area contributed by atoms with Gasteiger partial charge in [0.15, 0.2) is 0 Å². The number of amides is 1. The number of allylic oxidation sites excluding steroid dienone is 3. The fourth-order valence-electron chi connectivity index (χ4n) is 4.79. The number of rotatable bonds is 5. The molecule has 1 amide bonds. The maximum absolute atomic E-state index is 12.2.